The number of likely N-dealkylation sites (tertiary alicyclic amines) is 1. The van der Waals surface area contributed by atoms with Crippen LogP contribution in [0.3, 0.4) is 0 Å². The molecular weight excluding hydrogens is 444 g/mol. The normalized spacial score (nSPS) is 15.3. The third-order valence-electron chi connectivity index (χ3n) is 6.28. The molecule has 4 rings (SSSR count). The zero-order valence-electron chi connectivity index (χ0n) is 18.6. The quantitative estimate of drug-likeness (QED) is 0.446. The molecule has 1 fully saturated rings. The molecule has 3 aromatic carbocycles. The summed E-state index contributed by atoms with van der Waals surface area (Å²) in [5, 5.41) is 2.85. The highest BCUT2D eigenvalue weighted by molar-refractivity contribution is 5.78. The highest BCUT2D eigenvalue weighted by Gasteiger charge is 2.30. The topological polar surface area (TPSA) is 32.3 Å². The largest absolute Gasteiger partial charge is 0.416 e. The van der Waals surface area contributed by atoms with E-state index in [1.165, 1.54) is 18.2 Å². The Morgan fingerprint density at radius 3 is 2.15 bits per heavy atom. The molecule has 0 aliphatic carbocycles. The van der Waals surface area contributed by atoms with Crippen molar-refractivity contribution in [1.82, 2.24) is 10.2 Å². The summed E-state index contributed by atoms with van der Waals surface area (Å²) in [5.74, 6) is -0.461. The Morgan fingerprint density at radius 2 is 1.50 bits per heavy atom. The predicted octanol–water partition coefficient (Wildman–Crippen LogP) is 6.04. The highest BCUT2D eigenvalue weighted by Crippen LogP contribution is 2.30. The molecule has 3 nitrogen and oxygen atoms in total. The first-order valence-electron chi connectivity index (χ1n) is 11.3. The average molecular weight is 471 g/mol. The van der Waals surface area contributed by atoms with Gasteiger partial charge in [0.05, 0.1) is 5.56 Å². The lowest BCUT2D eigenvalue weighted by molar-refractivity contribution is -0.137. The molecule has 3 aromatic rings. The molecule has 34 heavy (non-hydrogen) atoms. The number of amides is 1. The molecule has 0 radical (unpaired) electrons. The summed E-state index contributed by atoms with van der Waals surface area (Å²) in [6, 6.07) is 19.3. The molecule has 178 valence electrons. The van der Waals surface area contributed by atoms with Crippen molar-refractivity contribution in [2.75, 3.05) is 13.1 Å². The Balaban J connectivity index is 1.29. The maximum Gasteiger partial charge on any atom is 0.416 e. The molecule has 1 N–H and O–H groups in total. The van der Waals surface area contributed by atoms with E-state index in [1.54, 1.807) is 12.1 Å². The smallest absolute Gasteiger partial charge is 0.352 e. The van der Waals surface area contributed by atoms with Crippen LogP contribution in [0, 0.1) is 11.7 Å². The van der Waals surface area contributed by atoms with Crippen molar-refractivity contribution in [3.05, 3.63) is 95.3 Å². The number of carbonyl (C=O) groups excluding carboxylic acids is 1. The van der Waals surface area contributed by atoms with Gasteiger partial charge in [-0.2, -0.15) is 13.2 Å². The predicted molar refractivity (Wildman–Crippen MR) is 123 cm³/mol. The van der Waals surface area contributed by atoms with E-state index in [2.05, 4.69) is 10.2 Å². The van der Waals surface area contributed by atoms with Gasteiger partial charge in [-0.15, -0.1) is 0 Å². The van der Waals surface area contributed by atoms with E-state index in [-0.39, 0.29) is 24.2 Å². The maximum atomic E-state index is 14.3. The van der Waals surface area contributed by atoms with Crippen molar-refractivity contribution in [3.63, 3.8) is 0 Å². The van der Waals surface area contributed by atoms with Crippen LogP contribution in [0.2, 0.25) is 0 Å². The standard InChI is InChI=1S/C27H26F4N2O/c28-25-8-4-3-7-24(25)23-6-2-1-5-21(23)18-33-15-13-20(14-16-33)26(34)32-17-19-9-11-22(12-10-19)27(29,30)31/h1-12,20H,13-18H2,(H,32,34). The van der Waals surface area contributed by atoms with Crippen molar-refractivity contribution in [2.45, 2.75) is 32.1 Å². The van der Waals surface area contributed by atoms with Crippen LogP contribution in [0.5, 0.6) is 0 Å². The SMILES string of the molecule is O=C(NCc1ccc(C(F)(F)F)cc1)C1CCN(Cc2ccccc2-c2ccccc2F)CC1. The second kappa shape index (κ2) is 10.4. The molecule has 0 unspecified atom stereocenters. The van der Waals surface area contributed by atoms with Crippen LogP contribution in [-0.4, -0.2) is 23.9 Å². The fraction of sp³-hybridized carbons (Fsp3) is 0.296. The number of nitrogens with one attached hydrogen (secondary N) is 1. The molecule has 1 amide bonds. The van der Waals surface area contributed by atoms with Gasteiger partial charge in [0.1, 0.15) is 5.82 Å². The van der Waals surface area contributed by atoms with Crippen molar-refractivity contribution in [1.29, 1.82) is 0 Å². The number of piperidine rings is 1. The van der Waals surface area contributed by atoms with Gasteiger partial charge in [-0.1, -0.05) is 54.6 Å². The van der Waals surface area contributed by atoms with Crippen LogP contribution in [0.15, 0.2) is 72.8 Å². The number of carbonyl (C=O) groups is 1. The maximum absolute atomic E-state index is 14.3. The lowest BCUT2D eigenvalue weighted by Crippen LogP contribution is -2.40. The number of alkyl halides is 3. The van der Waals surface area contributed by atoms with E-state index in [0.29, 0.717) is 30.5 Å². The minimum Gasteiger partial charge on any atom is -0.352 e. The number of benzene rings is 3. The van der Waals surface area contributed by atoms with Crippen molar-refractivity contribution < 1.29 is 22.4 Å². The average Bonchev–Trinajstić information content (AvgIpc) is 2.83. The third-order valence-corrected chi connectivity index (χ3v) is 6.28. The lowest BCUT2D eigenvalue weighted by atomic mass is 9.94. The Hall–Kier alpha value is -3.19. The molecule has 7 heteroatoms. The molecule has 1 aliphatic rings. The molecule has 0 saturated carbocycles. The minimum atomic E-state index is -4.37. The van der Waals surface area contributed by atoms with Gasteiger partial charge in [0, 0.05) is 24.6 Å². The van der Waals surface area contributed by atoms with Crippen LogP contribution < -0.4 is 5.32 Å². The Kier molecular flexibility index (Phi) is 7.32. The molecule has 1 saturated heterocycles. The van der Waals surface area contributed by atoms with Gasteiger partial charge in [-0.25, -0.2) is 4.39 Å². The molecule has 1 aliphatic heterocycles. The summed E-state index contributed by atoms with van der Waals surface area (Å²) < 4.78 is 52.4. The summed E-state index contributed by atoms with van der Waals surface area (Å²) in [6.45, 7) is 2.35. The number of rotatable bonds is 6. The van der Waals surface area contributed by atoms with E-state index in [0.717, 1.165) is 36.3 Å². The Labute approximate surface area is 196 Å². The van der Waals surface area contributed by atoms with Crippen LogP contribution in [0.1, 0.15) is 29.5 Å². The molecular formula is C27H26F4N2O. The fourth-order valence-electron chi connectivity index (χ4n) is 4.34. The molecule has 0 spiro atoms. The minimum absolute atomic E-state index is 0.0775. The van der Waals surface area contributed by atoms with Crippen molar-refractivity contribution in [2.24, 2.45) is 5.92 Å². The van der Waals surface area contributed by atoms with E-state index in [4.69, 9.17) is 0 Å². The number of hydrogen-bond donors (Lipinski definition) is 1. The molecule has 0 aromatic heterocycles. The first-order chi connectivity index (χ1) is 16.3. The van der Waals surface area contributed by atoms with Gasteiger partial charge in [0.2, 0.25) is 5.91 Å². The summed E-state index contributed by atoms with van der Waals surface area (Å²) >= 11 is 0. The van der Waals surface area contributed by atoms with E-state index >= 15 is 0 Å². The van der Waals surface area contributed by atoms with Crippen LogP contribution >= 0.6 is 0 Å². The van der Waals surface area contributed by atoms with Crippen LogP contribution in [0.4, 0.5) is 17.6 Å². The van der Waals surface area contributed by atoms with Gasteiger partial charge >= 0.3 is 6.18 Å². The van der Waals surface area contributed by atoms with E-state index in [9.17, 15) is 22.4 Å². The Morgan fingerprint density at radius 1 is 0.882 bits per heavy atom. The first kappa shape index (κ1) is 24.0. The number of nitrogens with zero attached hydrogens (tertiary/aromatic N) is 1. The van der Waals surface area contributed by atoms with Gasteiger partial charge in [-0.3, -0.25) is 9.69 Å². The van der Waals surface area contributed by atoms with Crippen LogP contribution in [-0.2, 0) is 24.1 Å². The molecule has 0 atom stereocenters. The third kappa shape index (κ3) is 5.83. The number of halogens is 4. The van der Waals surface area contributed by atoms with E-state index < -0.39 is 11.7 Å². The zero-order valence-corrected chi connectivity index (χ0v) is 18.6. The van der Waals surface area contributed by atoms with Gasteiger partial charge in [0.15, 0.2) is 0 Å². The molecule has 1 heterocycles. The highest BCUT2D eigenvalue weighted by atomic mass is 19.4. The summed E-state index contributed by atoms with van der Waals surface area (Å²) in [7, 11) is 0. The van der Waals surface area contributed by atoms with Crippen molar-refractivity contribution in [3.8, 4) is 11.1 Å². The second-order valence-electron chi connectivity index (χ2n) is 8.60. The summed E-state index contributed by atoms with van der Waals surface area (Å²) in [5.41, 5.74) is 2.42. The lowest BCUT2D eigenvalue weighted by Gasteiger charge is -2.31. The van der Waals surface area contributed by atoms with E-state index in [1.807, 2.05) is 30.3 Å². The molecule has 0 bridgehead atoms. The van der Waals surface area contributed by atoms with Gasteiger partial charge in [0.25, 0.3) is 0 Å². The van der Waals surface area contributed by atoms with Crippen LogP contribution in [0.25, 0.3) is 11.1 Å². The van der Waals surface area contributed by atoms with Crippen molar-refractivity contribution >= 4 is 5.91 Å². The zero-order chi connectivity index (χ0) is 24.1. The first-order valence-corrected chi connectivity index (χ1v) is 11.3. The monoisotopic (exact) mass is 470 g/mol. The summed E-state index contributed by atoms with van der Waals surface area (Å²) in [6.07, 6.45) is -2.98. The van der Waals surface area contributed by atoms with Gasteiger partial charge in [-0.05, 0) is 60.8 Å². The summed E-state index contributed by atoms with van der Waals surface area (Å²) in [4.78, 5) is 14.9. The Bertz CT molecular complexity index is 1120. The second-order valence-corrected chi connectivity index (χ2v) is 8.60. The number of hydrogen-bond acceptors (Lipinski definition) is 2. The fourth-order valence-corrected chi connectivity index (χ4v) is 4.34. The van der Waals surface area contributed by atoms with Gasteiger partial charge < -0.3 is 5.32 Å².